The molecular weight excluding hydrogens is 264 g/mol. The second kappa shape index (κ2) is 5.79. The smallest absolute Gasteiger partial charge is 0.237 e. The summed E-state index contributed by atoms with van der Waals surface area (Å²) in [6, 6.07) is 1.76. The first-order valence-corrected chi connectivity index (χ1v) is 8.44. The van der Waals surface area contributed by atoms with Crippen LogP contribution in [0.25, 0.3) is 0 Å². The van der Waals surface area contributed by atoms with Crippen molar-refractivity contribution in [2.45, 2.75) is 76.7 Å². The molecular formula is C17H24N2O2. The third-order valence-corrected chi connectivity index (χ3v) is 5.75. The Balaban J connectivity index is 1.81. The number of imide groups is 1. The van der Waals surface area contributed by atoms with Crippen molar-refractivity contribution in [2.75, 3.05) is 0 Å². The van der Waals surface area contributed by atoms with E-state index in [0.717, 1.165) is 57.8 Å². The summed E-state index contributed by atoms with van der Waals surface area (Å²) in [7, 11) is 0. The fourth-order valence-corrected chi connectivity index (χ4v) is 4.54. The SMILES string of the molecule is N#CC(C1CCCCC1)N1C(=O)CC2(CCCCC2)C1=O. The predicted molar refractivity (Wildman–Crippen MR) is 78.0 cm³/mol. The van der Waals surface area contributed by atoms with Crippen LogP contribution in [0.4, 0.5) is 0 Å². The standard InChI is InChI=1S/C17H24N2O2/c18-12-14(13-7-3-1-4-8-13)19-15(20)11-17(16(19)21)9-5-2-6-10-17/h13-14H,1-11H2. The quantitative estimate of drug-likeness (QED) is 0.733. The van der Waals surface area contributed by atoms with Crippen LogP contribution >= 0.6 is 0 Å². The number of nitrogens with zero attached hydrogens (tertiary/aromatic N) is 2. The van der Waals surface area contributed by atoms with Gasteiger partial charge in [-0.15, -0.1) is 0 Å². The lowest BCUT2D eigenvalue weighted by atomic mass is 9.73. The van der Waals surface area contributed by atoms with Gasteiger partial charge in [0.25, 0.3) is 0 Å². The van der Waals surface area contributed by atoms with Crippen LogP contribution < -0.4 is 0 Å². The van der Waals surface area contributed by atoms with E-state index in [1.807, 2.05) is 0 Å². The number of amides is 2. The van der Waals surface area contributed by atoms with Crippen molar-refractivity contribution in [3.63, 3.8) is 0 Å². The highest BCUT2D eigenvalue weighted by molar-refractivity contribution is 6.06. The minimum Gasteiger partial charge on any atom is -0.274 e. The normalized spacial score (nSPS) is 27.9. The Hall–Kier alpha value is -1.37. The molecule has 3 aliphatic rings. The van der Waals surface area contributed by atoms with Gasteiger partial charge in [-0.05, 0) is 31.6 Å². The average molecular weight is 288 g/mol. The number of hydrogen-bond donors (Lipinski definition) is 0. The zero-order valence-corrected chi connectivity index (χ0v) is 12.6. The highest BCUT2D eigenvalue weighted by Gasteiger charge is 2.54. The third kappa shape index (κ3) is 2.47. The highest BCUT2D eigenvalue weighted by atomic mass is 16.2. The summed E-state index contributed by atoms with van der Waals surface area (Å²) in [5, 5.41) is 9.56. The number of likely N-dealkylation sites (tertiary alicyclic amines) is 1. The summed E-state index contributed by atoms with van der Waals surface area (Å²) in [5.74, 6) is 0.0544. The molecule has 1 spiro atoms. The van der Waals surface area contributed by atoms with Crippen LogP contribution in [0.3, 0.4) is 0 Å². The highest BCUT2D eigenvalue weighted by Crippen LogP contribution is 2.46. The minimum atomic E-state index is -0.522. The van der Waals surface area contributed by atoms with Crippen molar-refractivity contribution < 1.29 is 9.59 Å². The van der Waals surface area contributed by atoms with Gasteiger partial charge >= 0.3 is 0 Å². The van der Waals surface area contributed by atoms with Gasteiger partial charge in [-0.25, -0.2) is 0 Å². The van der Waals surface area contributed by atoms with Crippen LogP contribution in [0.5, 0.6) is 0 Å². The fraction of sp³-hybridized carbons (Fsp3) is 0.824. The van der Waals surface area contributed by atoms with Gasteiger partial charge in [0.05, 0.1) is 11.5 Å². The van der Waals surface area contributed by atoms with Gasteiger partial charge in [-0.3, -0.25) is 14.5 Å². The first-order chi connectivity index (χ1) is 10.2. The van der Waals surface area contributed by atoms with E-state index in [2.05, 4.69) is 6.07 Å². The third-order valence-electron chi connectivity index (χ3n) is 5.75. The Morgan fingerprint density at radius 1 is 1.05 bits per heavy atom. The fourth-order valence-electron chi connectivity index (χ4n) is 4.54. The molecule has 2 amide bonds. The van der Waals surface area contributed by atoms with Gasteiger partial charge in [0.15, 0.2) is 0 Å². The molecule has 1 unspecified atom stereocenters. The van der Waals surface area contributed by atoms with Gasteiger partial charge in [0.1, 0.15) is 6.04 Å². The molecule has 0 bridgehead atoms. The molecule has 114 valence electrons. The molecule has 1 heterocycles. The molecule has 3 rings (SSSR count). The Labute approximate surface area is 126 Å². The summed E-state index contributed by atoms with van der Waals surface area (Å²) >= 11 is 0. The van der Waals surface area contributed by atoms with E-state index in [0.29, 0.717) is 6.42 Å². The summed E-state index contributed by atoms with van der Waals surface area (Å²) < 4.78 is 0. The second-order valence-corrected chi connectivity index (χ2v) is 7.06. The maximum Gasteiger partial charge on any atom is 0.237 e. The first-order valence-electron chi connectivity index (χ1n) is 8.44. The van der Waals surface area contributed by atoms with E-state index in [9.17, 15) is 14.9 Å². The van der Waals surface area contributed by atoms with E-state index < -0.39 is 11.5 Å². The summed E-state index contributed by atoms with van der Waals surface area (Å²) in [6.07, 6.45) is 10.6. The zero-order chi connectivity index (χ0) is 14.9. The van der Waals surface area contributed by atoms with E-state index >= 15 is 0 Å². The molecule has 2 saturated carbocycles. The lowest BCUT2D eigenvalue weighted by molar-refractivity contribution is -0.145. The van der Waals surface area contributed by atoms with Crippen LogP contribution in [0.2, 0.25) is 0 Å². The van der Waals surface area contributed by atoms with Gasteiger partial charge in [0, 0.05) is 6.42 Å². The van der Waals surface area contributed by atoms with Crippen LogP contribution in [-0.2, 0) is 9.59 Å². The first kappa shape index (κ1) is 14.6. The van der Waals surface area contributed by atoms with Crippen LogP contribution in [0.1, 0.15) is 70.6 Å². The lowest BCUT2D eigenvalue weighted by Crippen LogP contribution is -2.46. The maximum absolute atomic E-state index is 12.9. The van der Waals surface area contributed by atoms with Crippen molar-refractivity contribution in [1.82, 2.24) is 4.90 Å². The van der Waals surface area contributed by atoms with Crippen molar-refractivity contribution in [3.05, 3.63) is 0 Å². The van der Waals surface area contributed by atoms with Crippen molar-refractivity contribution >= 4 is 11.8 Å². The summed E-state index contributed by atoms with van der Waals surface area (Å²) in [6.45, 7) is 0. The topological polar surface area (TPSA) is 61.2 Å². The molecule has 4 nitrogen and oxygen atoms in total. The van der Waals surface area contributed by atoms with E-state index in [-0.39, 0.29) is 17.7 Å². The van der Waals surface area contributed by atoms with Gasteiger partial charge in [-0.1, -0.05) is 38.5 Å². The molecule has 2 aliphatic carbocycles. The Morgan fingerprint density at radius 3 is 2.29 bits per heavy atom. The zero-order valence-electron chi connectivity index (χ0n) is 12.6. The molecule has 1 saturated heterocycles. The second-order valence-electron chi connectivity index (χ2n) is 7.06. The summed E-state index contributed by atoms with van der Waals surface area (Å²) in [4.78, 5) is 26.7. The van der Waals surface area contributed by atoms with Gasteiger partial charge in [0.2, 0.25) is 11.8 Å². The Kier molecular flexibility index (Phi) is 4.01. The molecule has 0 N–H and O–H groups in total. The lowest BCUT2D eigenvalue weighted by Gasteiger charge is -2.34. The van der Waals surface area contributed by atoms with Crippen molar-refractivity contribution in [3.8, 4) is 6.07 Å². The predicted octanol–water partition coefficient (Wildman–Crippen LogP) is 3.17. The van der Waals surface area contributed by atoms with E-state index in [1.54, 1.807) is 0 Å². The van der Waals surface area contributed by atoms with Crippen LogP contribution in [0.15, 0.2) is 0 Å². The van der Waals surface area contributed by atoms with E-state index in [4.69, 9.17) is 0 Å². The van der Waals surface area contributed by atoms with Crippen LogP contribution in [0, 0.1) is 22.7 Å². The monoisotopic (exact) mass is 288 g/mol. The Morgan fingerprint density at radius 2 is 1.67 bits per heavy atom. The number of carbonyl (C=O) groups excluding carboxylic acids is 2. The average Bonchev–Trinajstić information content (AvgIpc) is 2.74. The molecule has 0 aromatic rings. The van der Waals surface area contributed by atoms with Gasteiger partial charge in [-0.2, -0.15) is 5.26 Å². The number of nitriles is 1. The minimum absolute atomic E-state index is 0.0377. The molecule has 0 aromatic heterocycles. The van der Waals surface area contributed by atoms with E-state index in [1.165, 1.54) is 11.3 Å². The van der Waals surface area contributed by atoms with Crippen molar-refractivity contribution in [1.29, 1.82) is 5.26 Å². The van der Waals surface area contributed by atoms with Crippen molar-refractivity contribution in [2.24, 2.45) is 11.3 Å². The molecule has 1 aliphatic heterocycles. The molecule has 21 heavy (non-hydrogen) atoms. The molecule has 4 heteroatoms. The number of carbonyl (C=O) groups is 2. The molecule has 1 atom stereocenters. The largest absolute Gasteiger partial charge is 0.274 e. The molecule has 0 aromatic carbocycles. The van der Waals surface area contributed by atoms with Gasteiger partial charge < -0.3 is 0 Å². The molecule has 0 radical (unpaired) electrons. The molecule has 3 fully saturated rings. The summed E-state index contributed by atoms with van der Waals surface area (Å²) in [5.41, 5.74) is -0.459. The number of hydrogen-bond acceptors (Lipinski definition) is 3. The van der Waals surface area contributed by atoms with Crippen LogP contribution in [-0.4, -0.2) is 22.8 Å². The number of rotatable bonds is 2. The Bertz CT molecular complexity index is 468. The maximum atomic E-state index is 12.9.